The van der Waals surface area contributed by atoms with E-state index in [0.717, 1.165) is 61.3 Å². The molecule has 1 aliphatic heterocycles. The van der Waals surface area contributed by atoms with Gasteiger partial charge < -0.3 is 9.64 Å². The van der Waals surface area contributed by atoms with Crippen LogP contribution in [0.25, 0.3) is 0 Å². The number of methoxy groups -OCH3 is 1. The van der Waals surface area contributed by atoms with E-state index in [1.165, 1.54) is 0 Å². The summed E-state index contributed by atoms with van der Waals surface area (Å²) in [5, 5.41) is 0. The molecule has 1 saturated heterocycles. The van der Waals surface area contributed by atoms with Crippen molar-refractivity contribution in [3.05, 3.63) is 28.8 Å². The highest BCUT2D eigenvalue weighted by molar-refractivity contribution is 5.98. The first-order chi connectivity index (χ1) is 10.1. The average Bonchev–Trinajstić information content (AvgIpc) is 2.47. The number of nitrogens with zero attached hydrogens (tertiary/aromatic N) is 1. The Morgan fingerprint density at radius 3 is 2.57 bits per heavy atom. The van der Waals surface area contributed by atoms with E-state index in [0.29, 0.717) is 5.78 Å². The van der Waals surface area contributed by atoms with Gasteiger partial charge in [-0.3, -0.25) is 4.79 Å². The minimum absolute atomic E-state index is 0.150. The fourth-order valence-corrected chi connectivity index (χ4v) is 3.44. The van der Waals surface area contributed by atoms with Gasteiger partial charge in [0.2, 0.25) is 0 Å². The molecule has 0 saturated carbocycles. The molecule has 0 bridgehead atoms. The Morgan fingerprint density at radius 1 is 1.33 bits per heavy atom. The summed E-state index contributed by atoms with van der Waals surface area (Å²) in [5.74, 6) is 1.34. The van der Waals surface area contributed by atoms with Crippen molar-refractivity contribution in [2.75, 3.05) is 26.7 Å². The van der Waals surface area contributed by atoms with Crippen molar-refractivity contribution in [3.63, 3.8) is 0 Å². The molecule has 0 radical (unpaired) electrons. The molecule has 1 heterocycles. The number of piperidine rings is 1. The molecule has 1 aromatic rings. The van der Waals surface area contributed by atoms with Crippen molar-refractivity contribution in [2.45, 2.75) is 40.0 Å². The topological polar surface area (TPSA) is 29.5 Å². The molecule has 1 aromatic carbocycles. The number of hydrogen-bond donors (Lipinski definition) is 0. The minimum atomic E-state index is 0.150. The maximum atomic E-state index is 12.8. The number of carbonyl (C=O) groups is 1. The fraction of sp³-hybridized carbons (Fsp3) is 0.611. The van der Waals surface area contributed by atoms with Crippen LogP contribution < -0.4 is 4.74 Å². The Balaban J connectivity index is 2.16. The Morgan fingerprint density at radius 2 is 2.00 bits per heavy atom. The van der Waals surface area contributed by atoms with Crippen LogP contribution in [-0.2, 0) is 0 Å². The van der Waals surface area contributed by atoms with Crippen molar-refractivity contribution in [1.29, 1.82) is 0 Å². The van der Waals surface area contributed by atoms with Gasteiger partial charge in [-0.25, -0.2) is 0 Å². The second kappa shape index (κ2) is 7.08. The summed E-state index contributed by atoms with van der Waals surface area (Å²) < 4.78 is 5.39. The molecule has 2 rings (SSSR count). The fourth-order valence-electron chi connectivity index (χ4n) is 3.44. The summed E-state index contributed by atoms with van der Waals surface area (Å²) in [5.41, 5.74) is 2.93. The van der Waals surface area contributed by atoms with Crippen LogP contribution in [0.3, 0.4) is 0 Å². The summed E-state index contributed by atoms with van der Waals surface area (Å²) in [6.45, 7) is 9.36. The zero-order valence-corrected chi connectivity index (χ0v) is 13.7. The molecule has 0 spiro atoms. The highest BCUT2D eigenvalue weighted by Gasteiger charge is 2.26. The molecule has 3 nitrogen and oxygen atoms in total. The molecule has 0 N–H and O–H groups in total. The smallest absolute Gasteiger partial charge is 0.167 e. The van der Waals surface area contributed by atoms with Gasteiger partial charge in [0, 0.05) is 18.0 Å². The molecule has 21 heavy (non-hydrogen) atoms. The van der Waals surface area contributed by atoms with Crippen LogP contribution in [0.5, 0.6) is 5.75 Å². The standard InChI is InChI=1S/C18H27NO2/c1-5-8-19-9-6-7-15(12-19)17(20)16-10-13(2)18(21-4)14(3)11-16/h10-11,15H,5-9,12H2,1-4H3/t15-/m0/s1. The quantitative estimate of drug-likeness (QED) is 0.775. The molecule has 1 atom stereocenters. The van der Waals surface area contributed by atoms with Gasteiger partial charge in [-0.15, -0.1) is 0 Å². The number of hydrogen-bond acceptors (Lipinski definition) is 3. The average molecular weight is 289 g/mol. The molecular formula is C18H27NO2. The molecular weight excluding hydrogens is 262 g/mol. The second-order valence-corrected chi connectivity index (χ2v) is 6.15. The summed E-state index contributed by atoms with van der Waals surface area (Å²) in [7, 11) is 1.68. The van der Waals surface area contributed by atoms with E-state index < -0.39 is 0 Å². The summed E-state index contributed by atoms with van der Waals surface area (Å²) >= 11 is 0. The van der Waals surface area contributed by atoms with Gasteiger partial charge in [0.25, 0.3) is 0 Å². The third-order valence-corrected chi connectivity index (χ3v) is 4.37. The Bertz CT molecular complexity index is 485. The highest BCUT2D eigenvalue weighted by atomic mass is 16.5. The van der Waals surface area contributed by atoms with E-state index in [4.69, 9.17) is 4.74 Å². The van der Waals surface area contributed by atoms with E-state index in [1.807, 2.05) is 26.0 Å². The number of ketones is 1. The van der Waals surface area contributed by atoms with Crippen LogP contribution in [0, 0.1) is 19.8 Å². The van der Waals surface area contributed by atoms with E-state index in [1.54, 1.807) is 7.11 Å². The Hall–Kier alpha value is -1.35. The molecule has 116 valence electrons. The lowest BCUT2D eigenvalue weighted by Crippen LogP contribution is -2.39. The van der Waals surface area contributed by atoms with Gasteiger partial charge in [0.1, 0.15) is 5.75 Å². The summed E-state index contributed by atoms with van der Waals surface area (Å²) in [6, 6.07) is 3.96. The maximum absolute atomic E-state index is 12.8. The maximum Gasteiger partial charge on any atom is 0.167 e. The molecule has 0 amide bonds. The van der Waals surface area contributed by atoms with Crippen molar-refractivity contribution in [1.82, 2.24) is 4.90 Å². The van der Waals surface area contributed by atoms with Gasteiger partial charge in [-0.2, -0.15) is 0 Å². The van der Waals surface area contributed by atoms with E-state index in [-0.39, 0.29) is 5.92 Å². The van der Waals surface area contributed by atoms with Crippen LogP contribution >= 0.6 is 0 Å². The van der Waals surface area contributed by atoms with Gasteiger partial charge in [0.05, 0.1) is 7.11 Å². The van der Waals surface area contributed by atoms with Crippen LogP contribution in [0.1, 0.15) is 47.7 Å². The number of aryl methyl sites for hydroxylation is 2. The summed E-state index contributed by atoms with van der Waals surface area (Å²) in [4.78, 5) is 15.2. The number of rotatable bonds is 5. The zero-order chi connectivity index (χ0) is 15.4. The number of Topliss-reactive ketones (excluding diaryl/α,β-unsaturated/α-hetero) is 1. The van der Waals surface area contributed by atoms with Crippen molar-refractivity contribution in [3.8, 4) is 5.75 Å². The van der Waals surface area contributed by atoms with Crippen LogP contribution in [-0.4, -0.2) is 37.4 Å². The lowest BCUT2D eigenvalue weighted by atomic mass is 9.88. The van der Waals surface area contributed by atoms with Crippen molar-refractivity contribution >= 4 is 5.78 Å². The number of likely N-dealkylation sites (tertiary alicyclic amines) is 1. The predicted molar refractivity (Wildman–Crippen MR) is 86.3 cm³/mol. The Kier molecular flexibility index (Phi) is 5.40. The van der Waals surface area contributed by atoms with Crippen LogP contribution in [0.2, 0.25) is 0 Å². The molecule has 1 aliphatic rings. The first kappa shape index (κ1) is 16.0. The minimum Gasteiger partial charge on any atom is -0.496 e. The third kappa shape index (κ3) is 3.65. The predicted octanol–water partition coefficient (Wildman–Crippen LogP) is 3.62. The normalized spacial score (nSPS) is 19.5. The first-order valence-electron chi connectivity index (χ1n) is 7.98. The van der Waals surface area contributed by atoms with Gasteiger partial charge in [0.15, 0.2) is 5.78 Å². The monoisotopic (exact) mass is 289 g/mol. The molecule has 0 aliphatic carbocycles. The van der Waals surface area contributed by atoms with Crippen molar-refractivity contribution in [2.24, 2.45) is 5.92 Å². The van der Waals surface area contributed by atoms with Crippen molar-refractivity contribution < 1.29 is 9.53 Å². The lowest BCUT2D eigenvalue weighted by molar-refractivity contribution is 0.0820. The highest BCUT2D eigenvalue weighted by Crippen LogP contribution is 2.27. The van der Waals surface area contributed by atoms with Gasteiger partial charge >= 0.3 is 0 Å². The van der Waals surface area contributed by atoms with Gasteiger partial charge in [-0.05, 0) is 69.5 Å². The molecule has 3 heteroatoms. The first-order valence-corrected chi connectivity index (χ1v) is 7.98. The molecule has 0 unspecified atom stereocenters. The Labute approximate surface area is 128 Å². The second-order valence-electron chi connectivity index (χ2n) is 6.15. The largest absolute Gasteiger partial charge is 0.496 e. The zero-order valence-electron chi connectivity index (χ0n) is 13.7. The van der Waals surface area contributed by atoms with Crippen LogP contribution in [0.15, 0.2) is 12.1 Å². The van der Waals surface area contributed by atoms with E-state index >= 15 is 0 Å². The SMILES string of the molecule is CCCN1CCC[C@H](C(=O)c2cc(C)c(OC)c(C)c2)C1. The summed E-state index contributed by atoms with van der Waals surface area (Å²) in [6.07, 6.45) is 3.30. The third-order valence-electron chi connectivity index (χ3n) is 4.37. The lowest BCUT2D eigenvalue weighted by Gasteiger charge is -2.31. The molecule has 0 aromatic heterocycles. The number of ether oxygens (including phenoxy) is 1. The number of benzene rings is 1. The van der Waals surface area contributed by atoms with E-state index in [2.05, 4.69) is 11.8 Å². The van der Waals surface area contributed by atoms with Gasteiger partial charge in [-0.1, -0.05) is 6.92 Å². The van der Waals surface area contributed by atoms with Crippen LogP contribution in [0.4, 0.5) is 0 Å². The molecule has 1 fully saturated rings. The van der Waals surface area contributed by atoms with E-state index in [9.17, 15) is 4.79 Å². The number of carbonyl (C=O) groups excluding carboxylic acids is 1.